The molecule has 7 nitrogen and oxygen atoms in total. The van der Waals surface area contributed by atoms with Crippen molar-refractivity contribution in [2.75, 3.05) is 31.1 Å². The Bertz CT molecular complexity index is 1300. The number of anilines is 1. The molecule has 1 fully saturated rings. The Balaban J connectivity index is 1.56. The largest absolute Gasteiger partial charge is 0.417 e. The summed E-state index contributed by atoms with van der Waals surface area (Å²) in [5.41, 5.74) is -1.01. The molecule has 3 heterocycles. The molecule has 1 aliphatic heterocycles. The van der Waals surface area contributed by atoms with Crippen LogP contribution in [0.1, 0.15) is 5.56 Å². The Morgan fingerprint density at radius 1 is 1.00 bits per heavy atom. The van der Waals surface area contributed by atoms with Gasteiger partial charge in [0.25, 0.3) is 5.56 Å². The normalized spacial score (nSPS) is 16.1. The summed E-state index contributed by atoms with van der Waals surface area (Å²) in [6.07, 6.45) is -3.17. The Morgan fingerprint density at radius 2 is 1.71 bits per heavy atom. The van der Waals surface area contributed by atoms with Crippen LogP contribution in [-0.4, -0.2) is 48.3 Å². The molecule has 0 bridgehead atoms. The number of pyridine rings is 1. The molecule has 0 unspecified atom stereocenters. The zero-order chi connectivity index (χ0) is 22.4. The molecule has 0 saturated carbocycles. The Labute approximate surface area is 180 Å². The van der Waals surface area contributed by atoms with Gasteiger partial charge >= 0.3 is 6.18 Å². The molecular weight excluding hydrogens is 457 g/mol. The van der Waals surface area contributed by atoms with E-state index in [9.17, 15) is 26.4 Å². The minimum absolute atomic E-state index is 0.0299. The van der Waals surface area contributed by atoms with Gasteiger partial charge in [-0.1, -0.05) is 17.7 Å². The first-order valence-electron chi connectivity index (χ1n) is 9.18. The molecule has 0 aliphatic carbocycles. The van der Waals surface area contributed by atoms with Crippen LogP contribution in [0, 0.1) is 0 Å². The first-order chi connectivity index (χ1) is 14.6. The van der Waals surface area contributed by atoms with Crippen LogP contribution in [0.5, 0.6) is 0 Å². The lowest BCUT2D eigenvalue weighted by Crippen LogP contribution is -2.49. The van der Waals surface area contributed by atoms with E-state index >= 15 is 0 Å². The summed E-state index contributed by atoms with van der Waals surface area (Å²) in [7, 11) is -4.15. The van der Waals surface area contributed by atoms with Gasteiger partial charge in [0.15, 0.2) is 0 Å². The van der Waals surface area contributed by atoms with Crippen molar-refractivity contribution in [1.29, 1.82) is 0 Å². The smallest absolute Gasteiger partial charge is 0.354 e. The van der Waals surface area contributed by atoms with E-state index in [1.54, 1.807) is 29.3 Å². The molecule has 4 rings (SSSR count). The molecule has 3 aromatic rings. The number of rotatable bonds is 3. The van der Waals surface area contributed by atoms with Gasteiger partial charge in [0.05, 0.1) is 15.5 Å². The lowest BCUT2D eigenvalue weighted by molar-refractivity contribution is -0.137. The number of aromatic nitrogens is 2. The van der Waals surface area contributed by atoms with Crippen molar-refractivity contribution in [3.05, 3.63) is 69.6 Å². The SMILES string of the molecule is O=c1cc(N2CCN(S(=O)(=O)c3ccc(Cl)c(C(F)(F)F)c3)CC2)nc2ccccn12. The molecule has 1 saturated heterocycles. The number of hydrogen-bond acceptors (Lipinski definition) is 5. The number of hydrogen-bond donors (Lipinski definition) is 0. The van der Waals surface area contributed by atoms with Gasteiger partial charge in [-0.3, -0.25) is 9.20 Å². The number of halogens is 4. The van der Waals surface area contributed by atoms with E-state index in [4.69, 9.17) is 11.6 Å². The average Bonchev–Trinajstić information content (AvgIpc) is 2.73. The second kappa shape index (κ2) is 7.81. The predicted molar refractivity (Wildman–Crippen MR) is 109 cm³/mol. The van der Waals surface area contributed by atoms with Crippen molar-refractivity contribution in [3.63, 3.8) is 0 Å². The van der Waals surface area contributed by atoms with Crippen LogP contribution in [0.25, 0.3) is 5.65 Å². The standard InChI is InChI=1S/C19H16ClF3N4O3S/c20-15-5-4-13(11-14(15)19(21,22)23)31(29,30)26-9-7-25(8-10-26)17-12-18(28)27-6-2-1-3-16(27)24-17/h1-6,11-12H,7-10H2. The fourth-order valence-electron chi connectivity index (χ4n) is 3.39. The van der Waals surface area contributed by atoms with E-state index in [2.05, 4.69) is 4.98 Å². The lowest BCUT2D eigenvalue weighted by atomic mass is 10.2. The number of alkyl halides is 3. The van der Waals surface area contributed by atoms with Gasteiger partial charge in [-0.05, 0) is 30.3 Å². The van der Waals surface area contributed by atoms with Crippen molar-refractivity contribution in [1.82, 2.24) is 13.7 Å². The topological polar surface area (TPSA) is 75.0 Å². The fraction of sp³-hybridized carbons (Fsp3) is 0.263. The molecule has 12 heteroatoms. The third-order valence-corrected chi connectivity index (χ3v) is 7.23. The number of sulfonamides is 1. The van der Waals surface area contributed by atoms with Gasteiger partial charge in [0.2, 0.25) is 10.0 Å². The molecular formula is C19H16ClF3N4O3S. The van der Waals surface area contributed by atoms with Crippen molar-refractivity contribution in [3.8, 4) is 0 Å². The second-order valence-electron chi connectivity index (χ2n) is 6.91. The lowest BCUT2D eigenvalue weighted by Gasteiger charge is -2.34. The molecule has 1 aromatic carbocycles. The average molecular weight is 473 g/mol. The molecule has 0 radical (unpaired) electrons. The highest BCUT2D eigenvalue weighted by molar-refractivity contribution is 7.89. The predicted octanol–water partition coefficient (Wildman–Crippen LogP) is 2.88. The zero-order valence-corrected chi connectivity index (χ0v) is 17.5. The van der Waals surface area contributed by atoms with E-state index in [0.29, 0.717) is 17.5 Å². The highest BCUT2D eigenvalue weighted by atomic mass is 35.5. The minimum Gasteiger partial charge on any atom is -0.354 e. The van der Waals surface area contributed by atoms with Gasteiger partial charge < -0.3 is 4.90 Å². The summed E-state index contributed by atoms with van der Waals surface area (Å²) in [4.78, 5) is 18.0. The van der Waals surface area contributed by atoms with Crippen molar-refractivity contribution in [2.24, 2.45) is 0 Å². The van der Waals surface area contributed by atoms with Crippen molar-refractivity contribution >= 4 is 33.1 Å². The maximum Gasteiger partial charge on any atom is 0.417 e. The summed E-state index contributed by atoms with van der Waals surface area (Å²) in [6.45, 7) is 0.521. The summed E-state index contributed by atoms with van der Waals surface area (Å²) in [5, 5.41) is -0.565. The monoisotopic (exact) mass is 472 g/mol. The summed E-state index contributed by atoms with van der Waals surface area (Å²) in [5.74, 6) is 0.416. The van der Waals surface area contributed by atoms with Crippen molar-refractivity contribution < 1.29 is 21.6 Å². The maximum absolute atomic E-state index is 13.1. The first-order valence-corrected chi connectivity index (χ1v) is 11.0. The van der Waals surface area contributed by atoms with Crippen LogP contribution in [-0.2, 0) is 16.2 Å². The van der Waals surface area contributed by atoms with Crippen molar-refractivity contribution in [2.45, 2.75) is 11.1 Å². The van der Waals surface area contributed by atoms with Gasteiger partial charge in [-0.2, -0.15) is 17.5 Å². The van der Waals surface area contributed by atoms with E-state index < -0.39 is 31.7 Å². The number of fused-ring (bicyclic) bond motifs is 1. The first kappa shape index (κ1) is 21.6. The summed E-state index contributed by atoms with van der Waals surface area (Å²) in [6, 6.07) is 9.05. The Kier molecular flexibility index (Phi) is 5.44. The van der Waals surface area contributed by atoms with Crippen LogP contribution < -0.4 is 10.5 Å². The van der Waals surface area contributed by atoms with Crippen LogP contribution in [0.4, 0.5) is 19.0 Å². The van der Waals surface area contributed by atoms with E-state index in [1.807, 2.05) is 0 Å². The van der Waals surface area contributed by atoms with Gasteiger partial charge in [-0.15, -0.1) is 0 Å². The van der Waals surface area contributed by atoms with Crippen LogP contribution in [0.2, 0.25) is 5.02 Å². The molecule has 164 valence electrons. The number of piperazine rings is 1. The third-order valence-electron chi connectivity index (χ3n) is 5.00. The van der Waals surface area contributed by atoms with Crippen LogP contribution in [0.15, 0.2) is 58.4 Å². The van der Waals surface area contributed by atoms with Crippen LogP contribution in [0.3, 0.4) is 0 Å². The molecule has 2 aromatic heterocycles. The number of benzene rings is 1. The second-order valence-corrected chi connectivity index (χ2v) is 9.26. The van der Waals surface area contributed by atoms with Gasteiger partial charge in [-0.25, -0.2) is 13.4 Å². The fourth-order valence-corrected chi connectivity index (χ4v) is 5.07. The molecule has 0 spiro atoms. The summed E-state index contributed by atoms with van der Waals surface area (Å²) < 4.78 is 67.6. The highest BCUT2D eigenvalue weighted by Crippen LogP contribution is 2.36. The number of nitrogens with zero attached hydrogens (tertiary/aromatic N) is 4. The minimum atomic E-state index is -4.77. The molecule has 0 atom stereocenters. The zero-order valence-electron chi connectivity index (χ0n) is 15.9. The van der Waals surface area contributed by atoms with Crippen LogP contribution >= 0.6 is 11.6 Å². The van der Waals surface area contributed by atoms with E-state index in [-0.39, 0.29) is 31.7 Å². The maximum atomic E-state index is 13.1. The third kappa shape index (κ3) is 4.12. The molecule has 0 N–H and O–H groups in total. The van der Waals surface area contributed by atoms with Gasteiger partial charge in [0.1, 0.15) is 11.5 Å². The molecule has 31 heavy (non-hydrogen) atoms. The quantitative estimate of drug-likeness (QED) is 0.586. The highest BCUT2D eigenvalue weighted by Gasteiger charge is 2.36. The molecule has 1 aliphatic rings. The van der Waals surface area contributed by atoms with Gasteiger partial charge in [0, 0.05) is 38.4 Å². The van der Waals surface area contributed by atoms with E-state index in [0.717, 1.165) is 16.4 Å². The summed E-state index contributed by atoms with van der Waals surface area (Å²) >= 11 is 5.59. The van der Waals surface area contributed by atoms with E-state index in [1.165, 1.54) is 10.5 Å². The molecule has 0 amide bonds. The Morgan fingerprint density at radius 3 is 2.39 bits per heavy atom. The Hall–Kier alpha value is -2.63.